The van der Waals surface area contributed by atoms with Crippen LogP contribution in [0.3, 0.4) is 0 Å². The summed E-state index contributed by atoms with van der Waals surface area (Å²) in [6.45, 7) is 1.93. The Hall–Kier alpha value is -0.740. The second-order valence-corrected chi connectivity index (χ2v) is 1.96. The van der Waals surface area contributed by atoms with Gasteiger partial charge in [0.25, 0.3) is 0 Å². The van der Waals surface area contributed by atoms with E-state index >= 15 is 0 Å². The van der Waals surface area contributed by atoms with Gasteiger partial charge in [-0.1, -0.05) is 0 Å². The lowest BCUT2D eigenvalue weighted by Crippen LogP contribution is -2.41. The molecule has 0 aliphatic carbocycles. The molecule has 60 valence electrons. The highest BCUT2D eigenvalue weighted by molar-refractivity contribution is 5.73. The molecule has 1 amide bonds. The lowest BCUT2D eigenvalue weighted by molar-refractivity contribution is -0.157. The SMILES string of the molecule is CC(=O)N[C@H](C)C(F)(F)F. The van der Waals surface area contributed by atoms with Crippen molar-refractivity contribution in [1.82, 2.24) is 5.32 Å². The average Bonchev–Trinajstić information content (AvgIpc) is 1.60. The van der Waals surface area contributed by atoms with E-state index in [1.165, 1.54) is 0 Å². The van der Waals surface area contributed by atoms with Crippen LogP contribution < -0.4 is 5.32 Å². The number of halogens is 3. The van der Waals surface area contributed by atoms with Crippen molar-refractivity contribution in [2.75, 3.05) is 0 Å². The molecule has 0 aromatic heterocycles. The molecule has 0 aliphatic heterocycles. The standard InChI is InChI=1S/C5H8F3NO/c1-3(5(6,7)8)9-4(2)10/h3H,1-2H3,(H,9,10)/t3-/m1/s1. The summed E-state index contributed by atoms with van der Waals surface area (Å²) < 4.78 is 34.8. The predicted molar refractivity (Wildman–Crippen MR) is 29.3 cm³/mol. The third-order valence-electron chi connectivity index (χ3n) is 0.911. The van der Waals surface area contributed by atoms with Crippen molar-refractivity contribution in [2.24, 2.45) is 0 Å². The van der Waals surface area contributed by atoms with Gasteiger partial charge in [-0.15, -0.1) is 0 Å². The largest absolute Gasteiger partial charge is 0.408 e. The van der Waals surface area contributed by atoms with Gasteiger partial charge in [-0.25, -0.2) is 0 Å². The van der Waals surface area contributed by atoms with Gasteiger partial charge in [-0.05, 0) is 6.92 Å². The number of hydrogen-bond donors (Lipinski definition) is 1. The zero-order valence-electron chi connectivity index (χ0n) is 5.62. The first-order valence-corrected chi connectivity index (χ1v) is 2.68. The molecular formula is C5H8F3NO. The van der Waals surface area contributed by atoms with Crippen molar-refractivity contribution in [2.45, 2.75) is 26.1 Å². The summed E-state index contributed by atoms with van der Waals surface area (Å²) in [6, 6.07) is -1.76. The highest BCUT2D eigenvalue weighted by atomic mass is 19.4. The molecular weight excluding hydrogens is 147 g/mol. The van der Waals surface area contributed by atoms with E-state index in [1.54, 1.807) is 5.32 Å². The maximum absolute atomic E-state index is 11.6. The van der Waals surface area contributed by atoms with Crippen LogP contribution in [0.4, 0.5) is 13.2 Å². The van der Waals surface area contributed by atoms with Crippen molar-refractivity contribution in [1.29, 1.82) is 0 Å². The second kappa shape index (κ2) is 2.90. The van der Waals surface area contributed by atoms with Crippen molar-refractivity contribution < 1.29 is 18.0 Å². The highest BCUT2D eigenvalue weighted by Gasteiger charge is 2.36. The quantitative estimate of drug-likeness (QED) is 0.603. The van der Waals surface area contributed by atoms with Crippen molar-refractivity contribution in [3.8, 4) is 0 Å². The fourth-order valence-corrected chi connectivity index (χ4v) is 0.387. The molecule has 5 heteroatoms. The Labute approximate surface area is 56.4 Å². The molecule has 0 unspecified atom stereocenters. The summed E-state index contributed by atoms with van der Waals surface area (Å²) in [5.74, 6) is -0.676. The summed E-state index contributed by atoms with van der Waals surface area (Å²) in [6.07, 6.45) is -4.34. The van der Waals surface area contributed by atoms with E-state index < -0.39 is 18.1 Å². The summed E-state index contributed by atoms with van der Waals surface area (Å²) in [7, 11) is 0. The maximum Gasteiger partial charge on any atom is 0.408 e. The Morgan fingerprint density at radius 3 is 2.00 bits per heavy atom. The van der Waals surface area contributed by atoms with Crippen LogP contribution in [0.2, 0.25) is 0 Å². The van der Waals surface area contributed by atoms with E-state index in [9.17, 15) is 18.0 Å². The molecule has 0 aromatic rings. The molecule has 0 fully saturated rings. The van der Waals surface area contributed by atoms with Crippen molar-refractivity contribution in [3.63, 3.8) is 0 Å². The minimum atomic E-state index is -4.34. The van der Waals surface area contributed by atoms with Gasteiger partial charge < -0.3 is 5.32 Å². The monoisotopic (exact) mass is 155 g/mol. The number of nitrogens with one attached hydrogen (secondary N) is 1. The Kier molecular flexibility index (Phi) is 2.68. The lowest BCUT2D eigenvalue weighted by atomic mass is 10.3. The van der Waals surface area contributed by atoms with Crippen LogP contribution in [0.15, 0.2) is 0 Å². The number of rotatable bonds is 1. The summed E-state index contributed by atoms with van der Waals surface area (Å²) in [4.78, 5) is 10.1. The topological polar surface area (TPSA) is 29.1 Å². The molecule has 0 aliphatic rings. The van der Waals surface area contributed by atoms with E-state index in [4.69, 9.17) is 0 Å². The van der Waals surface area contributed by atoms with Crippen molar-refractivity contribution >= 4 is 5.91 Å². The van der Waals surface area contributed by atoms with Gasteiger partial charge in [0.1, 0.15) is 6.04 Å². The third kappa shape index (κ3) is 3.32. The zero-order chi connectivity index (χ0) is 8.36. The van der Waals surface area contributed by atoms with Gasteiger partial charge in [-0.2, -0.15) is 13.2 Å². The molecule has 1 N–H and O–H groups in total. The van der Waals surface area contributed by atoms with Gasteiger partial charge in [0, 0.05) is 6.92 Å². The molecule has 0 spiro atoms. The van der Waals surface area contributed by atoms with Gasteiger partial charge in [0.05, 0.1) is 0 Å². The Bertz CT molecular complexity index is 131. The Balaban J connectivity index is 3.85. The Morgan fingerprint density at radius 2 is 1.90 bits per heavy atom. The van der Waals surface area contributed by atoms with Gasteiger partial charge in [0.2, 0.25) is 5.91 Å². The highest BCUT2D eigenvalue weighted by Crippen LogP contribution is 2.19. The lowest BCUT2D eigenvalue weighted by Gasteiger charge is -2.15. The molecule has 0 saturated carbocycles. The minimum absolute atomic E-state index is 0.676. The smallest absolute Gasteiger partial charge is 0.345 e. The molecule has 1 atom stereocenters. The van der Waals surface area contributed by atoms with E-state index in [-0.39, 0.29) is 0 Å². The number of amides is 1. The predicted octanol–water partition coefficient (Wildman–Crippen LogP) is 1.07. The van der Waals surface area contributed by atoms with Crippen LogP contribution in [0.25, 0.3) is 0 Å². The molecule has 0 aromatic carbocycles. The fraction of sp³-hybridized carbons (Fsp3) is 0.800. The summed E-state index contributed by atoms with van der Waals surface area (Å²) >= 11 is 0. The van der Waals surface area contributed by atoms with Crippen LogP contribution in [0, 0.1) is 0 Å². The van der Waals surface area contributed by atoms with E-state index in [0.717, 1.165) is 13.8 Å². The first kappa shape index (κ1) is 9.26. The molecule has 10 heavy (non-hydrogen) atoms. The van der Waals surface area contributed by atoms with E-state index in [2.05, 4.69) is 0 Å². The molecule has 0 radical (unpaired) electrons. The number of carbonyl (C=O) groups excluding carboxylic acids is 1. The number of alkyl halides is 3. The van der Waals surface area contributed by atoms with Crippen molar-refractivity contribution in [3.05, 3.63) is 0 Å². The van der Waals surface area contributed by atoms with Gasteiger partial charge >= 0.3 is 6.18 Å². The third-order valence-corrected chi connectivity index (χ3v) is 0.911. The molecule has 0 heterocycles. The summed E-state index contributed by atoms with van der Waals surface area (Å²) in [5, 5.41) is 1.72. The average molecular weight is 155 g/mol. The minimum Gasteiger partial charge on any atom is -0.345 e. The molecule has 0 bridgehead atoms. The van der Waals surface area contributed by atoms with Crippen LogP contribution in [-0.4, -0.2) is 18.1 Å². The fourth-order valence-electron chi connectivity index (χ4n) is 0.387. The Morgan fingerprint density at radius 1 is 1.50 bits per heavy atom. The van der Waals surface area contributed by atoms with Crippen LogP contribution in [0.1, 0.15) is 13.8 Å². The molecule has 0 saturated heterocycles. The first-order valence-electron chi connectivity index (χ1n) is 2.68. The summed E-state index contributed by atoms with van der Waals surface area (Å²) in [5.41, 5.74) is 0. The van der Waals surface area contributed by atoms with Crippen LogP contribution in [-0.2, 0) is 4.79 Å². The zero-order valence-corrected chi connectivity index (χ0v) is 5.62. The molecule has 0 rings (SSSR count). The molecule has 2 nitrogen and oxygen atoms in total. The first-order chi connectivity index (χ1) is 4.34. The van der Waals surface area contributed by atoms with Crippen LogP contribution in [0.5, 0.6) is 0 Å². The van der Waals surface area contributed by atoms with Gasteiger partial charge in [-0.3, -0.25) is 4.79 Å². The van der Waals surface area contributed by atoms with Crippen LogP contribution >= 0.6 is 0 Å². The normalized spacial score (nSPS) is 14.5. The van der Waals surface area contributed by atoms with E-state index in [1.807, 2.05) is 0 Å². The van der Waals surface area contributed by atoms with Gasteiger partial charge in [0.15, 0.2) is 0 Å². The maximum atomic E-state index is 11.6. The number of carbonyl (C=O) groups is 1. The number of hydrogen-bond acceptors (Lipinski definition) is 1. The second-order valence-electron chi connectivity index (χ2n) is 1.96. The van der Waals surface area contributed by atoms with E-state index in [0.29, 0.717) is 0 Å².